The van der Waals surface area contributed by atoms with E-state index < -0.39 is 0 Å². The third-order valence-corrected chi connectivity index (χ3v) is 3.53. The minimum atomic E-state index is -0.292. The van der Waals surface area contributed by atoms with Crippen molar-refractivity contribution >= 4 is 46.3 Å². The van der Waals surface area contributed by atoms with Gasteiger partial charge >= 0.3 is 0 Å². The standard InChI is InChI=1S/C17H13Cl2FN4/c1-10-6-16(22-14-4-2-13(20)3-5-14)24-17(21-10)23-15-8-11(18)7-12(19)9-15/h2-9H,1H3,(H2,21,22,23,24). The molecule has 2 aromatic carbocycles. The highest BCUT2D eigenvalue weighted by atomic mass is 35.5. The van der Waals surface area contributed by atoms with E-state index >= 15 is 0 Å². The van der Waals surface area contributed by atoms with Crippen LogP contribution in [0.5, 0.6) is 0 Å². The Balaban J connectivity index is 1.84. The fourth-order valence-electron chi connectivity index (χ4n) is 2.12. The van der Waals surface area contributed by atoms with Gasteiger partial charge in [-0.3, -0.25) is 0 Å². The van der Waals surface area contributed by atoms with Crippen molar-refractivity contribution in [1.82, 2.24) is 9.97 Å². The molecule has 0 aliphatic carbocycles. The van der Waals surface area contributed by atoms with Gasteiger partial charge in [0.1, 0.15) is 11.6 Å². The van der Waals surface area contributed by atoms with Crippen LogP contribution in [0.3, 0.4) is 0 Å². The van der Waals surface area contributed by atoms with Crippen LogP contribution in [0.25, 0.3) is 0 Å². The van der Waals surface area contributed by atoms with E-state index in [1.54, 1.807) is 36.4 Å². The first kappa shape index (κ1) is 16.5. The highest BCUT2D eigenvalue weighted by Gasteiger charge is 2.05. The molecule has 0 aliphatic rings. The largest absolute Gasteiger partial charge is 0.340 e. The van der Waals surface area contributed by atoms with Gasteiger partial charge in [-0.2, -0.15) is 4.98 Å². The van der Waals surface area contributed by atoms with E-state index in [1.807, 2.05) is 6.92 Å². The Morgan fingerprint density at radius 3 is 2.17 bits per heavy atom. The van der Waals surface area contributed by atoms with Crippen molar-refractivity contribution in [2.45, 2.75) is 6.92 Å². The molecular weight excluding hydrogens is 350 g/mol. The zero-order chi connectivity index (χ0) is 17.1. The molecule has 0 saturated heterocycles. The summed E-state index contributed by atoms with van der Waals surface area (Å²) >= 11 is 12.0. The van der Waals surface area contributed by atoms with E-state index in [0.29, 0.717) is 27.5 Å². The fraction of sp³-hybridized carbons (Fsp3) is 0.0588. The van der Waals surface area contributed by atoms with Crippen LogP contribution in [-0.2, 0) is 0 Å². The maximum Gasteiger partial charge on any atom is 0.229 e. The first-order valence-corrected chi connectivity index (χ1v) is 7.85. The molecule has 0 fully saturated rings. The molecule has 122 valence electrons. The molecule has 3 aromatic rings. The van der Waals surface area contributed by atoms with Crippen LogP contribution in [0, 0.1) is 12.7 Å². The van der Waals surface area contributed by atoms with Crippen LogP contribution in [-0.4, -0.2) is 9.97 Å². The molecule has 0 spiro atoms. The molecule has 2 N–H and O–H groups in total. The molecule has 0 bridgehead atoms. The molecular formula is C17H13Cl2FN4. The fourth-order valence-corrected chi connectivity index (χ4v) is 2.65. The summed E-state index contributed by atoms with van der Waals surface area (Å²) < 4.78 is 13.0. The highest BCUT2D eigenvalue weighted by molar-refractivity contribution is 6.35. The molecule has 24 heavy (non-hydrogen) atoms. The topological polar surface area (TPSA) is 49.8 Å². The summed E-state index contributed by atoms with van der Waals surface area (Å²) in [6.45, 7) is 1.85. The summed E-state index contributed by atoms with van der Waals surface area (Å²) in [5.41, 5.74) is 2.18. The summed E-state index contributed by atoms with van der Waals surface area (Å²) in [5, 5.41) is 7.21. The number of nitrogens with one attached hydrogen (secondary N) is 2. The molecule has 7 heteroatoms. The van der Waals surface area contributed by atoms with Crippen LogP contribution in [0.2, 0.25) is 10.0 Å². The minimum Gasteiger partial charge on any atom is -0.340 e. The van der Waals surface area contributed by atoms with Crippen molar-refractivity contribution in [3.05, 3.63) is 70.1 Å². The predicted octanol–water partition coefficient (Wildman–Crippen LogP) is 5.72. The second-order valence-electron chi connectivity index (χ2n) is 5.13. The third-order valence-electron chi connectivity index (χ3n) is 3.09. The third kappa shape index (κ3) is 4.34. The number of hydrogen-bond acceptors (Lipinski definition) is 4. The van der Waals surface area contributed by atoms with Gasteiger partial charge in [0.2, 0.25) is 5.95 Å². The molecule has 1 aromatic heterocycles. The lowest BCUT2D eigenvalue weighted by Crippen LogP contribution is -2.02. The van der Waals surface area contributed by atoms with Gasteiger partial charge < -0.3 is 10.6 Å². The second kappa shape index (κ2) is 7.03. The molecule has 0 unspecified atom stereocenters. The average Bonchev–Trinajstić information content (AvgIpc) is 2.48. The predicted molar refractivity (Wildman–Crippen MR) is 96.2 cm³/mol. The van der Waals surface area contributed by atoms with Crippen molar-refractivity contribution in [2.24, 2.45) is 0 Å². The summed E-state index contributed by atoms with van der Waals surface area (Å²) in [6, 6.07) is 12.9. The second-order valence-corrected chi connectivity index (χ2v) is 6.01. The molecule has 0 radical (unpaired) electrons. The van der Waals surface area contributed by atoms with Gasteiger partial charge in [0.15, 0.2) is 0 Å². The van der Waals surface area contributed by atoms with Crippen LogP contribution in [0.1, 0.15) is 5.69 Å². The number of halogens is 3. The summed E-state index contributed by atoms with van der Waals surface area (Å²) in [5.74, 6) is 0.697. The lowest BCUT2D eigenvalue weighted by molar-refractivity contribution is 0.628. The molecule has 1 heterocycles. The molecule has 0 saturated carbocycles. The monoisotopic (exact) mass is 362 g/mol. The summed E-state index contributed by atoms with van der Waals surface area (Å²) in [4.78, 5) is 8.73. The minimum absolute atomic E-state index is 0.292. The Morgan fingerprint density at radius 1 is 0.833 bits per heavy atom. The number of rotatable bonds is 4. The molecule has 0 amide bonds. The Morgan fingerprint density at radius 2 is 1.50 bits per heavy atom. The van der Waals surface area contributed by atoms with Gasteiger partial charge in [-0.05, 0) is 49.4 Å². The first-order valence-electron chi connectivity index (χ1n) is 7.09. The number of aryl methyl sites for hydroxylation is 1. The van der Waals surface area contributed by atoms with Crippen molar-refractivity contribution in [1.29, 1.82) is 0 Å². The Labute approximate surface area is 148 Å². The van der Waals surface area contributed by atoms with Gasteiger partial charge in [-0.25, -0.2) is 9.37 Å². The maximum absolute atomic E-state index is 13.0. The van der Waals surface area contributed by atoms with Crippen LogP contribution in [0.4, 0.5) is 27.5 Å². The Bertz CT molecular complexity index is 849. The number of nitrogens with zero attached hydrogens (tertiary/aromatic N) is 2. The number of aromatic nitrogens is 2. The van der Waals surface area contributed by atoms with Gasteiger partial charge in [-0.15, -0.1) is 0 Å². The first-order chi connectivity index (χ1) is 11.5. The average molecular weight is 363 g/mol. The molecule has 3 rings (SSSR count). The molecule has 0 aliphatic heterocycles. The van der Waals surface area contributed by atoms with Crippen LogP contribution >= 0.6 is 23.2 Å². The molecule has 0 atom stereocenters. The van der Waals surface area contributed by atoms with Crippen molar-refractivity contribution in [3.8, 4) is 0 Å². The number of benzene rings is 2. The van der Waals surface area contributed by atoms with E-state index in [4.69, 9.17) is 23.2 Å². The number of hydrogen-bond donors (Lipinski definition) is 2. The Kier molecular flexibility index (Phi) is 4.83. The van der Waals surface area contributed by atoms with Crippen molar-refractivity contribution < 1.29 is 4.39 Å². The van der Waals surface area contributed by atoms with Gasteiger partial charge in [0.05, 0.1) is 0 Å². The molecule has 4 nitrogen and oxygen atoms in total. The van der Waals surface area contributed by atoms with Gasteiger partial charge in [-0.1, -0.05) is 23.2 Å². The Hall–Kier alpha value is -2.37. The number of anilines is 4. The zero-order valence-electron chi connectivity index (χ0n) is 12.6. The van der Waals surface area contributed by atoms with Crippen molar-refractivity contribution in [2.75, 3.05) is 10.6 Å². The maximum atomic E-state index is 13.0. The normalized spacial score (nSPS) is 10.5. The summed E-state index contributed by atoms with van der Waals surface area (Å²) in [7, 11) is 0. The van der Waals surface area contributed by atoms with E-state index in [-0.39, 0.29) is 5.82 Å². The van der Waals surface area contributed by atoms with Crippen LogP contribution < -0.4 is 10.6 Å². The van der Waals surface area contributed by atoms with E-state index in [2.05, 4.69) is 20.6 Å². The smallest absolute Gasteiger partial charge is 0.229 e. The van der Waals surface area contributed by atoms with E-state index in [9.17, 15) is 4.39 Å². The van der Waals surface area contributed by atoms with Gasteiger partial charge in [0.25, 0.3) is 0 Å². The van der Waals surface area contributed by atoms with E-state index in [0.717, 1.165) is 11.4 Å². The zero-order valence-corrected chi connectivity index (χ0v) is 14.2. The lowest BCUT2D eigenvalue weighted by atomic mass is 10.3. The lowest BCUT2D eigenvalue weighted by Gasteiger charge is -2.10. The quantitative estimate of drug-likeness (QED) is 0.623. The SMILES string of the molecule is Cc1cc(Nc2ccc(F)cc2)nc(Nc2cc(Cl)cc(Cl)c2)n1. The highest BCUT2D eigenvalue weighted by Crippen LogP contribution is 2.25. The van der Waals surface area contributed by atoms with Crippen molar-refractivity contribution in [3.63, 3.8) is 0 Å². The van der Waals surface area contributed by atoms with Crippen LogP contribution in [0.15, 0.2) is 48.5 Å². The summed E-state index contributed by atoms with van der Waals surface area (Å²) in [6.07, 6.45) is 0. The van der Waals surface area contributed by atoms with Gasteiger partial charge in [0, 0.05) is 33.2 Å². The van der Waals surface area contributed by atoms with E-state index in [1.165, 1.54) is 12.1 Å².